The highest BCUT2D eigenvalue weighted by atomic mass is 32.2. The molecule has 1 aromatic heterocycles. The number of hydrazone groups is 1. The van der Waals surface area contributed by atoms with Crippen LogP contribution in [-0.2, 0) is 4.79 Å². The minimum Gasteiger partial charge on any atom is -0.497 e. The van der Waals surface area contributed by atoms with Gasteiger partial charge in [0.1, 0.15) is 11.5 Å². The molecule has 11 heteroatoms. The highest BCUT2D eigenvalue weighted by Gasteiger charge is 2.12. The number of hydrogen-bond donors (Lipinski definition) is 3. The van der Waals surface area contributed by atoms with Crippen LogP contribution in [-0.4, -0.2) is 46.5 Å². The van der Waals surface area contributed by atoms with Gasteiger partial charge in [0.2, 0.25) is 11.1 Å². The number of nitrogens with two attached hydrogens (primary N) is 1. The van der Waals surface area contributed by atoms with Gasteiger partial charge in [0.25, 0.3) is 5.95 Å². The number of benzene rings is 2. The Morgan fingerprint density at radius 2 is 1.87 bits per heavy atom. The van der Waals surface area contributed by atoms with E-state index in [1.54, 1.807) is 37.6 Å². The Labute approximate surface area is 183 Å². The van der Waals surface area contributed by atoms with Crippen molar-refractivity contribution in [3.63, 3.8) is 0 Å². The van der Waals surface area contributed by atoms with Crippen LogP contribution in [0.4, 0.5) is 11.6 Å². The van der Waals surface area contributed by atoms with Crippen LogP contribution in [0.15, 0.2) is 58.8 Å². The lowest BCUT2D eigenvalue weighted by Gasteiger charge is -2.07. The third kappa shape index (κ3) is 6.37. The zero-order valence-corrected chi connectivity index (χ0v) is 17.9. The molecule has 0 bridgehead atoms. The van der Waals surface area contributed by atoms with Crippen molar-refractivity contribution in [3.8, 4) is 11.5 Å². The molecule has 2 aromatic carbocycles. The van der Waals surface area contributed by atoms with Gasteiger partial charge in [-0.05, 0) is 61.0 Å². The van der Waals surface area contributed by atoms with E-state index in [1.807, 2.05) is 31.2 Å². The molecule has 3 aromatic rings. The van der Waals surface area contributed by atoms with E-state index in [2.05, 4.69) is 26.0 Å². The van der Waals surface area contributed by atoms with E-state index in [0.717, 1.165) is 28.8 Å². The van der Waals surface area contributed by atoms with Gasteiger partial charge in [-0.25, -0.2) is 10.1 Å². The number of anilines is 2. The molecule has 3 rings (SSSR count). The first-order valence-electron chi connectivity index (χ1n) is 9.38. The second-order valence-electron chi connectivity index (χ2n) is 6.11. The molecule has 4 N–H and O–H groups in total. The molecule has 0 aliphatic heterocycles. The number of aromatic nitrogens is 3. The number of hydrogen-bond acceptors (Lipinski definition) is 9. The van der Waals surface area contributed by atoms with Gasteiger partial charge < -0.3 is 20.6 Å². The standard InChI is InChI=1S/C20H23N7O3S/c1-3-30-17-10-6-15(7-11-17)23-18(28)13-31-20-26-25-19(27(20)21)24-22-12-14-4-8-16(29-2)9-5-14/h4-12H,3,13,21H2,1-2H3,(H,23,28)(H,24,25)/b22-12+. The highest BCUT2D eigenvalue weighted by molar-refractivity contribution is 7.99. The fraction of sp³-hybridized carbons (Fsp3) is 0.200. The molecule has 0 aliphatic carbocycles. The van der Waals surface area contributed by atoms with E-state index in [9.17, 15) is 4.79 Å². The molecule has 1 heterocycles. The molecule has 10 nitrogen and oxygen atoms in total. The Kier molecular flexibility index (Phi) is 7.71. The van der Waals surface area contributed by atoms with Crippen molar-refractivity contribution in [2.75, 3.05) is 36.1 Å². The number of rotatable bonds is 10. The monoisotopic (exact) mass is 441 g/mol. The molecule has 0 saturated carbocycles. The molecule has 0 radical (unpaired) electrons. The van der Waals surface area contributed by atoms with E-state index in [-0.39, 0.29) is 17.6 Å². The normalized spacial score (nSPS) is 10.8. The number of methoxy groups -OCH3 is 1. The van der Waals surface area contributed by atoms with Gasteiger partial charge >= 0.3 is 0 Å². The lowest BCUT2D eigenvalue weighted by Crippen LogP contribution is -2.16. The second-order valence-corrected chi connectivity index (χ2v) is 7.06. The van der Waals surface area contributed by atoms with E-state index in [1.165, 1.54) is 4.68 Å². The lowest BCUT2D eigenvalue weighted by molar-refractivity contribution is -0.113. The Balaban J connectivity index is 1.49. The Morgan fingerprint density at radius 3 is 2.55 bits per heavy atom. The first kappa shape index (κ1) is 22.0. The maximum atomic E-state index is 12.2. The quantitative estimate of drug-likeness (QED) is 0.189. The van der Waals surface area contributed by atoms with Gasteiger partial charge in [0.05, 0.1) is 25.7 Å². The van der Waals surface area contributed by atoms with Crippen LogP contribution in [0.25, 0.3) is 0 Å². The number of thioether (sulfide) groups is 1. The van der Waals surface area contributed by atoms with Crippen LogP contribution >= 0.6 is 11.8 Å². The van der Waals surface area contributed by atoms with Crippen molar-refractivity contribution >= 4 is 35.5 Å². The van der Waals surface area contributed by atoms with E-state index in [4.69, 9.17) is 15.3 Å². The van der Waals surface area contributed by atoms with Gasteiger partial charge in [-0.15, -0.1) is 10.2 Å². The van der Waals surface area contributed by atoms with E-state index in [0.29, 0.717) is 17.5 Å². The molecular weight excluding hydrogens is 418 g/mol. The number of carbonyl (C=O) groups is 1. The molecule has 162 valence electrons. The summed E-state index contributed by atoms with van der Waals surface area (Å²) in [4.78, 5) is 12.2. The minimum atomic E-state index is -0.191. The Bertz CT molecular complexity index is 1020. The van der Waals surface area contributed by atoms with Crippen molar-refractivity contribution in [2.45, 2.75) is 12.1 Å². The summed E-state index contributed by atoms with van der Waals surface area (Å²) in [6.45, 7) is 2.50. The van der Waals surface area contributed by atoms with Crippen LogP contribution in [0.3, 0.4) is 0 Å². The molecule has 0 fully saturated rings. The third-order valence-electron chi connectivity index (χ3n) is 3.94. The summed E-state index contributed by atoms with van der Waals surface area (Å²) in [6, 6.07) is 14.5. The maximum absolute atomic E-state index is 12.2. The van der Waals surface area contributed by atoms with E-state index < -0.39 is 0 Å². The number of nitrogens with zero attached hydrogens (tertiary/aromatic N) is 4. The predicted octanol–water partition coefficient (Wildman–Crippen LogP) is 2.58. The molecule has 31 heavy (non-hydrogen) atoms. The lowest BCUT2D eigenvalue weighted by atomic mass is 10.2. The molecule has 0 saturated heterocycles. The highest BCUT2D eigenvalue weighted by Crippen LogP contribution is 2.19. The van der Waals surface area contributed by atoms with Gasteiger partial charge in [-0.2, -0.15) is 5.10 Å². The van der Waals surface area contributed by atoms with Crippen LogP contribution in [0.1, 0.15) is 12.5 Å². The van der Waals surface area contributed by atoms with Crippen molar-refractivity contribution in [1.82, 2.24) is 14.9 Å². The van der Waals surface area contributed by atoms with Crippen LogP contribution < -0.4 is 26.1 Å². The fourth-order valence-electron chi connectivity index (χ4n) is 2.43. The Morgan fingerprint density at radius 1 is 1.16 bits per heavy atom. The largest absolute Gasteiger partial charge is 0.497 e. The van der Waals surface area contributed by atoms with Crippen molar-refractivity contribution in [1.29, 1.82) is 0 Å². The molecule has 0 spiro atoms. The summed E-state index contributed by atoms with van der Waals surface area (Å²) < 4.78 is 11.7. The topological polar surface area (TPSA) is 129 Å². The number of nitrogens with one attached hydrogen (secondary N) is 2. The Hall–Kier alpha value is -3.73. The SMILES string of the molecule is CCOc1ccc(NC(=O)CSc2nnc(N/N=C/c3ccc(OC)cc3)n2N)cc1. The number of amides is 1. The van der Waals surface area contributed by atoms with Gasteiger partial charge in [0, 0.05) is 5.69 Å². The zero-order chi connectivity index (χ0) is 22.1. The van der Waals surface area contributed by atoms with Crippen LogP contribution in [0.2, 0.25) is 0 Å². The van der Waals surface area contributed by atoms with Crippen molar-refractivity contribution in [2.24, 2.45) is 5.10 Å². The molecular formula is C20H23N7O3S. The van der Waals surface area contributed by atoms with Gasteiger partial charge in [-0.3, -0.25) is 4.79 Å². The minimum absolute atomic E-state index is 0.123. The third-order valence-corrected chi connectivity index (χ3v) is 4.88. The zero-order valence-electron chi connectivity index (χ0n) is 17.1. The summed E-state index contributed by atoms with van der Waals surface area (Å²) in [5.74, 6) is 7.67. The van der Waals surface area contributed by atoms with Gasteiger partial charge in [-0.1, -0.05) is 11.8 Å². The maximum Gasteiger partial charge on any atom is 0.264 e. The summed E-state index contributed by atoms with van der Waals surface area (Å²) in [5, 5.41) is 15.2. The molecule has 0 unspecified atom stereocenters. The van der Waals surface area contributed by atoms with Crippen LogP contribution in [0, 0.1) is 0 Å². The van der Waals surface area contributed by atoms with Gasteiger partial charge in [0.15, 0.2) is 0 Å². The second kappa shape index (κ2) is 10.9. The first-order valence-corrected chi connectivity index (χ1v) is 10.4. The summed E-state index contributed by atoms with van der Waals surface area (Å²) in [5.41, 5.74) is 4.28. The van der Waals surface area contributed by atoms with E-state index >= 15 is 0 Å². The first-order chi connectivity index (χ1) is 15.1. The van der Waals surface area contributed by atoms with Crippen molar-refractivity contribution in [3.05, 3.63) is 54.1 Å². The predicted molar refractivity (Wildman–Crippen MR) is 121 cm³/mol. The number of carbonyl (C=O) groups excluding carboxylic acids is 1. The van der Waals surface area contributed by atoms with Crippen molar-refractivity contribution < 1.29 is 14.3 Å². The molecule has 1 amide bonds. The number of nitrogen functional groups attached to an aromatic ring is 1. The average Bonchev–Trinajstić information content (AvgIpc) is 3.14. The fourth-order valence-corrected chi connectivity index (χ4v) is 3.09. The smallest absolute Gasteiger partial charge is 0.264 e. The van der Waals surface area contributed by atoms with Crippen LogP contribution in [0.5, 0.6) is 11.5 Å². The number of ether oxygens (including phenoxy) is 2. The average molecular weight is 442 g/mol. The summed E-state index contributed by atoms with van der Waals surface area (Å²) >= 11 is 1.16. The summed E-state index contributed by atoms with van der Waals surface area (Å²) in [7, 11) is 1.61. The molecule has 0 atom stereocenters. The summed E-state index contributed by atoms with van der Waals surface area (Å²) in [6.07, 6.45) is 1.62. The molecule has 0 aliphatic rings.